The molecule has 0 unspecified atom stereocenters. The Balaban J connectivity index is 2.34. The number of aliphatic hydroxyl groups excluding tert-OH is 1. The molecule has 2 rings (SSSR count). The molecule has 0 atom stereocenters. The van der Waals surface area contributed by atoms with Gasteiger partial charge in [0.1, 0.15) is 16.5 Å². The van der Waals surface area contributed by atoms with Crippen molar-refractivity contribution in [3.8, 4) is 0 Å². The highest BCUT2D eigenvalue weighted by atomic mass is 32.2. The lowest BCUT2D eigenvalue weighted by molar-refractivity contribution is 0.415. The summed E-state index contributed by atoms with van der Waals surface area (Å²) in [4.78, 5) is 1.46. The van der Waals surface area contributed by atoms with Gasteiger partial charge in [-0.15, -0.1) is 4.40 Å². The van der Waals surface area contributed by atoms with Gasteiger partial charge < -0.3 is 15.7 Å². The molecule has 0 bridgehead atoms. The Hall–Kier alpha value is -2.09. The van der Waals surface area contributed by atoms with Gasteiger partial charge in [0.05, 0.1) is 5.76 Å². The molecule has 0 aliphatic carbocycles. The highest BCUT2D eigenvalue weighted by molar-refractivity contribution is 7.90. The highest BCUT2D eigenvalue weighted by Gasteiger charge is 2.21. The number of rotatable bonds is 4. The predicted molar refractivity (Wildman–Crippen MR) is 83.0 cm³/mol. The lowest BCUT2D eigenvalue weighted by Crippen LogP contribution is -2.18. The minimum absolute atomic E-state index is 0.193. The van der Waals surface area contributed by atoms with Crippen LogP contribution in [-0.2, 0) is 10.0 Å². The molecule has 0 aromatic heterocycles. The van der Waals surface area contributed by atoms with Crippen molar-refractivity contribution in [2.75, 3.05) is 18.0 Å². The number of allylic oxidation sites excluding steroid dienone is 1. The number of anilines is 1. The molecule has 6 nitrogen and oxygen atoms in total. The van der Waals surface area contributed by atoms with E-state index in [1.807, 2.05) is 4.90 Å². The largest absolute Gasteiger partial charge is 0.512 e. The van der Waals surface area contributed by atoms with Crippen LogP contribution >= 0.6 is 0 Å². The molecule has 0 radical (unpaired) electrons. The molecule has 0 saturated carbocycles. The average molecular weight is 327 g/mol. The second-order valence-electron chi connectivity index (χ2n) is 5.09. The average Bonchev–Trinajstić information content (AvgIpc) is 2.89. The zero-order chi connectivity index (χ0) is 16.3. The minimum Gasteiger partial charge on any atom is -0.512 e. The summed E-state index contributed by atoms with van der Waals surface area (Å²) in [5.41, 5.74) is 6.03. The molecule has 1 saturated heterocycles. The Morgan fingerprint density at radius 3 is 2.59 bits per heavy atom. The van der Waals surface area contributed by atoms with Crippen LogP contribution in [0.5, 0.6) is 0 Å². The number of sulfonamides is 1. The third kappa shape index (κ3) is 3.76. The number of benzene rings is 1. The molecular weight excluding hydrogens is 309 g/mol. The van der Waals surface area contributed by atoms with Crippen LogP contribution in [0.4, 0.5) is 10.1 Å². The second-order valence-corrected chi connectivity index (χ2v) is 6.66. The van der Waals surface area contributed by atoms with E-state index in [-0.39, 0.29) is 5.76 Å². The fourth-order valence-corrected chi connectivity index (χ4v) is 3.27. The molecule has 1 aromatic carbocycles. The summed E-state index contributed by atoms with van der Waals surface area (Å²) >= 11 is 0. The van der Waals surface area contributed by atoms with Crippen molar-refractivity contribution in [3.63, 3.8) is 0 Å². The maximum Gasteiger partial charge on any atom is 0.287 e. The number of aliphatic hydroxyl groups is 1. The predicted octanol–water partition coefficient (Wildman–Crippen LogP) is 1.93. The lowest BCUT2D eigenvalue weighted by atomic mass is 10.3. The fourth-order valence-electron chi connectivity index (χ4n) is 2.30. The quantitative estimate of drug-likeness (QED) is 0.500. The number of halogens is 1. The summed E-state index contributed by atoms with van der Waals surface area (Å²) in [6, 6.07) is 3.93. The molecule has 3 N–H and O–H groups in total. The van der Waals surface area contributed by atoms with E-state index >= 15 is 0 Å². The van der Waals surface area contributed by atoms with Gasteiger partial charge in [0.15, 0.2) is 0 Å². The third-order valence-electron chi connectivity index (χ3n) is 3.25. The number of nitrogens with two attached hydrogens (primary N) is 1. The van der Waals surface area contributed by atoms with E-state index in [9.17, 15) is 12.8 Å². The maximum atomic E-state index is 14.1. The number of hydrogen-bond donors (Lipinski definition) is 2. The van der Waals surface area contributed by atoms with Gasteiger partial charge >= 0.3 is 0 Å². The van der Waals surface area contributed by atoms with Crippen molar-refractivity contribution >= 4 is 21.5 Å². The first-order chi connectivity index (χ1) is 10.3. The van der Waals surface area contributed by atoms with Gasteiger partial charge in [-0.05, 0) is 38.0 Å². The van der Waals surface area contributed by atoms with Crippen molar-refractivity contribution in [2.24, 2.45) is 10.1 Å². The van der Waals surface area contributed by atoms with Crippen molar-refractivity contribution in [1.82, 2.24) is 0 Å². The normalized spacial score (nSPS) is 17.1. The van der Waals surface area contributed by atoms with Crippen molar-refractivity contribution in [1.29, 1.82) is 0 Å². The summed E-state index contributed by atoms with van der Waals surface area (Å²) < 4.78 is 41.5. The Morgan fingerprint density at radius 2 is 2.05 bits per heavy atom. The Bertz CT molecular complexity index is 719. The number of hydrogen-bond acceptors (Lipinski definition) is 4. The zero-order valence-electron chi connectivity index (χ0n) is 12.2. The Kier molecular flexibility index (Phi) is 4.70. The molecule has 1 aromatic rings. The van der Waals surface area contributed by atoms with E-state index in [2.05, 4.69) is 4.40 Å². The first-order valence-corrected chi connectivity index (χ1v) is 8.26. The Labute approximate surface area is 128 Å². The van der Waals surface area contributed by atoms with Crippen LogP contribution in [0.3, 0.4) is 0 Å². The SMILES string of the molecule is C/C(O)=C/C(N)=N\S(=O)(=O)c1ccc(N2CCCC2)cc1F. The van der Waals surface area contributed by atoms with E-state index in [0.717, 1.165) is 32.0 Å². The van der Waals surface area contributed by atoms with E-state index in [1.165, 1.54) is 19.1 Å². The van der Waals surface area contributed by atoms with Crippen LogP contribution < -0.4 is 10.6 Å². The number of nitrogens with zero attached hydrogens (tertiary/aromatic N) is 2. The first kappa shape index (κ1) is 16.3. The molecule has 22 heavy (non-hydrogen) atoms. The van der Waals surface area contributed by atoms with Gasteiger partial charge in [0.25, 0.3) is 10.0 Å². The minimum atomic E-state index is -4.26. The van der Waals surface area contributed by atoms with Crippen LogP contribution in [0.1, 0.15) is 19.8 Å². The van der Waals surface area contributed by atoms with Gasteiger partial charge in [-0.3, -0.25) is 0 Å². The zero-order valence-corrected chi connectivity index (χ0v) is 13.0. The summed E-state index contributed by atoms with van der Waals surface area (Å²) in [6.45, 7) is 2.98. The second kappa shape index (κ2) is 6.35. The fraction of sp³-hybridized carbons (Fsp3) is 0.357. The highest BCUT2D eigenvalue weighted by Crippen LogP contribution is 2.25. The van der Waals surface area contributed by atoms with Crippen LogP contribution in [0.2, 0.25) is 0 Å². The smallest absolute Gasteiger partial charge is 0.287 e. The summed E-state index contributed by atoms with van der Waals surface area (Å²) in [5.74, 6) is -1.48. The molecule has 0 spiro atoms. The standard InChI is InChI=1S/C14H18FN3O3S/c1-10(19)8-14(16)17-22(20,21)13-5-4-11(9-12(13)15)18-6-2-3-7-18/h4-5,8-9,19H,2-3,6-7H2,1H3,(H2,16,17)/b10-8-. The molecular formula is C14H18FN3O3S. The maximum absolute atomic E-state index is 14.1. The number of amidine groups is 1. The summed E-state index contributed by atoms with van der Waals surface area (Å²) in [7, 11) is -4.26. The summed E-state index contributed by atoms with van der Waals surface area (Å²) in [6.07, 6.45) is 3.05. The van der Waals surface area contributed by atoms with Gasteiger partial charge in [-0.25, -0.2) is 4.39 Å². The third-order valence-corrected chi connectivity index (χ3v) is 4.59. The monoisotopic (exact) mass is 327 g/mol. The molecule has 120 valence electrons. The van der Waals surface area contributed by atoms with Crippen molar-refractivity contribution < 1.29 is 17.9 Å². The topological polar surface area (TPSA) is 96.0 Å². The van der Waals surface area contributed by atoms with Crippen molar-refractivity contribution in [2.45, 2.75) is 24.7 Å². The molecule has 1 fully saturated rings. The van der Waals surface area contributed by atoms with Gasteiger partial charge in [-0.1, -0.05) is 0 Å². The van der Waals surface area contributed by atoms with E-state index in [4.69, 9.17) is 10.8 Å². The Morgan fingerprint density at radius 1 is 1.41 bits per heavy atom. The van der Waals surface area contributed by atoms with Crippen LogP contribution in [-0.4, -0.2) is 32.4 Å². The molecule has 1 heterocycles. The van der Waals surface area contributed by atoms with Gasteiger partial charge in [0.2, 0.25) is 0 Å². The molecule has 1 aliphatic heterocycles. The molecule has 1 aliphatic rings. The molecule has 8 heteroatoms. The first-order valence-electron chi connectivity index (χ1n) is 6.82. The van der Waals surface area contributed by atoms with E-state index in [0.29, 0.717) is 5.69 Å². The van der Waals surface area contributed by atoms with Gasteiger partial charge in [0, 0.05) is 24.9 Å². The van der Waals surface area contributed by atoms with Crippen LogP contribution in [0.25, 0.3) is 0 Å². The van der Waals surface area contributed by atoms with Gasteiger partial charge in [-0.2, -0.15) is 8.42 Å². The molecule has 0 amide bonds. The van der Waals surface area contributed by atoms with Crippen LogP contribution in [0, 0.1) is 5.82 Å². The van der Waals surface area contributed by atoms with Crippen LogP contribution in [0.15, 0.2) is 39.3 Å². The summed E-state index contributed by atoms with van der Waals surface area (Å²) in [5, 5.41) is 9.03. The van der Waals surface area contributed by atoms with Crippen molar-refractivity contribution in [3.05, 3.63) is 35.9 Å². The van der Waals surface area contributed by atoms with E-state index < -0.39 is 26.6 Å². The van der Waals surface area contributed by atoms with E-state index in [1.54, 1.807) is 6.07 Å². The lowest BCUT2D eigenvalue weighted by Gasteiger charge is -2.17.